The first-order valence-corrected chi connectivity index (χ1v) is 4.75. The maximum atomic E-state index is 11.5. The fourth-order valence-corrected chi connectivity index (χ4v) is 1.88. The molecule has 1 aliphatic heterocycles. The number of nitrogens with one attached hydrogen (secondary N) is 2. The van der Waals surface area contributed by atoms with Gasteiger partial charge in [-0.2, -0.15) is 0 Å². The Labute approximate surface area is 79.7 Å². The van der Waals surface area contributed by atoms with E-state index in [0.29, 0.717) is 6.04 Å². The molecule has 1 amide bonds. The van der Waals surface area contributed by atoms with Crippen LogP contribution in [0.4, 0.5) is 0 Å². The molecule has 76 valence electrons. The standard InChI is InChI=1S/C9H19N3O/c1-10-9(13)7-4-5-11-6-8(7)12(2)3/h7-8,11H,4-6H2,1-3H3,(H,10,13)/t7-,8+/m1/s1. The smallest absolute Gasteiger partial charge is 0.224 e. The van der Waals surface area contributed by atoms with Gasteiger partial charge in [0.25, 0.3) is 0 Å². The topological polar surface area (TPSA) is 44.4 Å². The minimum Gasteiger partial charge on any atom is -0.359 e. The van der Waals surface area contributed by atoms with Gasteiger partial charge in [0.05, 0.1) is 5.92 Å². The van der Waals surface area contributed by atoms with Crippen molar-refractivity contribution in [3.05, 3.63) is 0 Å². The second kappa shape index (κ2) is 4.58. The third kappa shape index (κ3) is 2.42. The molecular weight excluding hydrogens is 166 g/mol. The van der Waals surface area contributed by atoms with E-state index >= 15 is 0 Å². The van der Waals surface area contributed by atoms with Gasteiger partial charge in [-0.25, -0.2) is 0 Å². The van der Waals surface area contributed by atoms with Crippen LogP contribution in [0.3, 0.4) is 0 Å². The molecule has 1 fully saturated rings. The van der Waals surface area contributed by atoms with Crippen LogP contribution < -0.4 is 10.6 Å². The van der Waals surface area contributed by atoms with Crippen molar-refractivity contribution in [1.29, 1.82) is 0 Å². The number of likely N-dealkylation sites (N-methyl/N-ethyl adjacent to an activating group) is 1. The monoisotopic (exact) mass is 185 g/mol. The zero-order valence-electron chi connectivity index (χ0n) is 8.63. The summed E-state index contributed by atoms with van der Waals surface area (Å²) in [5.41, 5.74) is 0. The summed E-state index contributed by atoms with van der Waals surface area (Å²) in [4.78, 5) is 13.6. The van der Waals surface area contributed by atoms with Crippen LogP contribution in [-0.2, 0) is 4.79 Å². The molecule has 0 bridgehead atoms. The first-order valence-electron chi connectivity index (χ1n) is 4.75. The summed E-state index contributed by atoms with van der Waals surface area (Å²) in [6.45, 7) is 1.85. The minimum absolute atomic E-state index is 0.140. The Bertz CT molecular complexity index is 182. The maximum Gasteiger partial charge on any atom is 0.224 e. The predicted octanol–water partition coefficient (Wildman–Crippen LogP) is -0.728. The summed E-state index contributed by atoms with van der Waals surface area (Å²) >= 11 is 0. The Morgan fingerprint density at radius 3 is 2.77 bits per heavy atom. The van der Waals surface area contributed by atoms with Crippen LogP contribution >= 0.6 is 0 Å². The summed E-state index contributed by atoms with van der Waals surface area (Å²) in [6.07, 6.45) is 0.933. The zero-order valence-corrected chi connectivity index (χ0v) is 8.63. The van der Waals surface area contributed by atoms with E-state index in [1.54, 1.807) is 7.05 Å². The number of rotatable bonds is 2. The van der Waals surface area contributed by atoms with Crippen molar-refractivity contribution in [2.24, 2.45) is 5.92 Å². The van der Waals surface area contributed by atoms with E-state index in [1.165, 1.54) is 0 Å². The maximum absolute atomic E-state index is 11.5. The average Bonchev–Trinajstić information content (AvgIpc) is 2.16. The van der Waals surface area contributed by atoms with E-state index in [0.717, 1.165) is 19.5 Å². The van der Waals surface area contributed by atoms with Crippen molar-refractivity contribution < 1.29 is 4.79 Å². The predicted molar refractivity (Wildman–Crippen MR) is 52.5 cm³/mol. The number of hydrogen-bond donors (Lipinski definition) is 2. The third-order valence-electron chi connectivity index (χ3n) is 2.70. The van der Waals surface area contributed by atoms with Gasteiger partial charge in [-0.1, -0.05) is 0 Å². The summed E-state index contributed by atoms with van der Waals surface area (Å²) in [5, 5.41) is 6.03. The van der Waals surface area contributed by atoms with Gasteiger partial charge in [0, 0.05) is 19.6 Å². The largest absolute Gasteiger partial charge is 0.359 e. The van der Waals surface area contributed by atoms with Gasteiger partial charge in [0.15, 0.2) is 0 Å². The Balaban J connectivity index is 2.61. The molecule has 2 atom stereocenters. The zero-order chi connectivity index (χ0) is 9.84. The third-order valence-corrected chi connectivity index (χ3v) is 2.70. The molecule has 1 rings (SSSR count). The number of piperidine rings is 1. The number of amides is 1. The number of hydrogen-bond acceptors (Lipinski definition) is 3. The molecule has 1 saturated heterocycles. The normalized spacial score (nSPS) is 28.9. The van der Waals surface area contributed by atoms with Crippen molar-refractivity contribution in [2.75, 3.05) is 34.2 Å². The van der Waals surface area contributed by atoms with Crippen LogP contribution in [0.2, 0.25) is 0 Å². The Hall–Kier alpha value is -0.610. The molecule has 0 radical (unpaired) electrons. The van der Waals surface area contributed by atoms with Crippen LogP contribution in [0.5, 0.6) is 0 Å². The highest BCUT2D eigenvalue weighted by molar-refractivity contribution is 5.79. The highest BCUT2D eigenvalue weighted by Crippen LogP contribution is 2.16. The fourth-order valence-electron chi connectivity index (χ4n) is 1.88. The number of carbonyl (C=O) groups excluding carboxylic acids is 1. The SMILES string of the molecule is CNC(=O)[C@@H]1CCNC[C@@H]1N(C)C. The van der Waals surface area contributed by atoms with Gasteiger partial charge in [0.1, 0.15) is 0 Å². The second-order valence-corrected chi connectivity index (χ2v) is 3.74. The van der Waals surface area contributed by atoms with E-state index in [4.69, 9.17) is 0 Å². The van der Waals surface area contributed by atoms with Crippen LogP contribution in [-0.4, -0.2) is 51.1 Å². The lowest BCUT2D eigenvalue weighted by Gasteiger charge is -2.35. The molecule has 0 aliphatic carbocycles. The van der Waals surface area contributed by atoms with Gasteiger partial charge in [-0.15, -0.1) is 0 Å². The van der Waals surface area contributed by atoms with E-state index in [9.17, 15) is 4.79 Å². The number of nitrogens with zero attached hydrogens (tertiary/aromatic N) is 1. The van der Waals surface area contributed by atoms with Crippen LogP contribution in [0, 0.1) is 5.92 Å². The van der Waals surface area contributed by atoms with Gasteiger partial charge >= 0.3 is 0 Å². The van der Waals surface area contributed by atoms with Crippen molar-refractivity contribution >= 4 is 5.91 Å². The lowest BCUT2D eigenvalue weighted by Crippen LogP contribution is -2.53. The van der Waals surface area contributed by atoms with E-state index in [-0.39, 0.29) is 11.8 Å². The molecule has 1 heterocycles. The molecular formula is C9H19N3O. The molecule has 2 N–H and O–H groups in total. The summed E-state index contributed by atoms with van der Waals surface area (Å²) in [7, 11) is 5.75. The van der Waals surface area contributed by atoms with Crippen molar-refractivity contribution in [1.82, 2.24) is 15.5 Å². The molecule has 1 aliphatic rings. The number of carbonyl (C=O) groups is 1. The summed E-state index contributed by atoms with van der Waals surface area (Å²) in [5.74, 6) is 0.307. The van der Waals surface area contributed by atoms with Crippen molar-refractivity contribution in [2.45, 2.75) is 12.5 Å². The Morgan fingerprint density at radius 1 is 1.54 bits per heavy atom. The molecule has 0 unspecified atom stereocenters. The Morgan fingerprint density at radius 2 is 2.23 bits per heavy atom. The molecule has 0 aromatic rings. The second-order valence-electron chi connectivity index (χ2n) is 3.74. The lowest BCUT2D eigenvalue weighted by molar-refractivity contribution is -0.127. The highest BCUT2D eigenvalue weighted by Gasteiger charge is 2.31. The lowest BCUT2D eigenvalue weighted by atomic mass is 9.91. The Kier molecular flexibility index (Phi) is 3.69. The van der Waals surface area contributed by atoms with Gasteiger partial charge < -0.3 is 15.5 Å². The molecule has 13 heavy (non-hydrogen) atoms. The fraction of sp³-hybridized carbons (Fsp3) is 0.889. The first-order chi connectivity index (χ1) is 6.16. The molecule has 4 heteroatoms. The highest BCUT2D eigenvalue weighted by atomic mass is 16.1. The van der Waals surface area contributed by atoms with Crippen molar-refractivity contribution in [3.8, 4) is 0 Å². The summed E-state index contributed by atoms with van der Waals surface area (Å²) < 4.78 is 0. The van der Waals surface area contributed by atoms with Crippen molar-refractivity contribution in [3.63, 3.8) is 0 Å². The molecule has 0 aromatic heterocycles. The van der Waals surface area contributed by atoms with E-state index < -0.39 is 0 Å². The van der Waals surface area contributed by atoms with Gasteiger partial charge in [-0.3, -0.25) is 4.79 Å². The van der Waals surface area contributed by atoms with E-state index in [1.807, 2.05) is 14.1 Å². The summed E-state index contributed by atoms with van der Waals surface area (Å²) in [6, 6.07) is 0.327. The van der Waals surface area contributed by atoms with E-state index in [2.05, 4.69) is 15.5 Å². The van der Waals surface area contributed by atoms with Gasteiger partial charge in [0.2, 0.25) is 5.91 Å². The molecule has 0 saturated carbocycles. The first kappa shape index (κ1) is 10.5. The quantitative estimate of drug-likeness (QED) is 0.596. The minimum atomic E-state index is 0.140. The van der Waals surface area contributed by atoms with Gasteiger partial charge in [-0.05, 0) is 27.1 Å². The molecule has 0 spiro atoms. The van der Waals surface area contributed by atoms with Crippen LogP contribution in [0.15, 0.2) is 0 Å². The average molecular weight is 185 g/mol. The molecule has 4 nitrogen and oxygen atoms in total. The van der Waals surface area contributed by atoms with Crippen LogP contribution in [0.1, 0.15) is 6.42 Å². The van der Waals surface area contributed by atoms with Crippen LogP contribution in [0.25, 0.3) is 0 Å². The molecule has 0 aromatic carbocycles.